The van der Waals surface area contributed by atoms with Gasteiger partial charge in [-0.3, -0.25) is 4.79 Å². The first kappa shape index (κ1) is 22.1. The number of hydrogen-bond acceptors (Lipinski definition) is 6. The third-order valence-electron chi connectivity index (χ3n) is 6.07. The number of piperidine rings is 1. The van der Waals surface area contributed by atoms with E-state index in [1.807, 2.05) is 6.92 Å². The Labute approximate surface area is 192 Å². The highest BCUT2D eigenvalue weighted by Crippen LogP contribution is 2.35. The molecule has 2 atom stereocenters. The van der Waals surface area contributed by atoms with Crippen molar-refractivity contribution < 1.29 is 22.4 Å². The average molecular weight is 470 g/mol. The van der Waals surface area contributed by atoms with Gasteiger partial charge < -0.3 is 9.32 Å². The van der Waals surface area contributed by atoms with Crippen LogP contribution in [0.2, 0.25) is 0 Å². The molecular weight excluding hydrogens is 449 g/mol. The minimum absolute atomic E-state index is 0.0642. The Bertz CT molecular complexity index is 1350. The topological polar surface area (TPSA) is 89.9 Å². The molecule has 5 rings (SSSR count). The highest BCUT2D eigenvalue weighted by atomic mass is 19.4. The predicted octanol–water partition coefficient (Wildman–Crippen LogP) is 4.54. The molecule has 176 valence electrons. The van der Waals surface area contributed by atoms with Gasteiger partial charge >= 0.3 is 6.18 Å². The SMILES string of the molecule is Cc1ccc(-n2nccn2)c(C(=O)N2C[C@H](c3nc4cc(C(F)(F)F)ccc4o3)CC[C@H]2C)n1. The van der Waals surface area contributed by atoms with E-state index in [1.54, 1.807) is 24.0 Å². The fraction of sp³-hybridized carbons (Fsp3) is 0.348. The summed E-state index contributed by atoms with van der Waals surface area (Å²) in [4.78, 5) is 25.5. The molecular formula is C23H21F3N6O2. The summed E-state index contributed by atoms with van der Waals surface area (Å²) in [5.74, 6) is -0.202. The van der Waals surface area contributed by atoms with Gasteiger partial charge in [-0.05, 0) is 57.0 Å². The van der Waals surface area contributed by atoms with Gasteiger partial charge in [0.25, 0.3) is 5.91 Å². The van der Waals surface area contributed by atoms with E-state index < -0.39 is 11.7 Å². The molecule has 0 spiro atoms. The maximum atomic E-state index is 13.6. The number of pyridine rings is 1. The molecule has 1 saturated heterocycles. The van der Waals surface area contributed by atoms with Crippen LogP contribution in [0.4, 0.5) is 13.2 Å². The number of hydrogen-bond donors (Lipinski definition) is 0. The molecule has 1 amide bonds. The number of benzene rings is 1. The van der Waals surface area contributed by atoms with Crippen LogP contribution < -0.4 is 0 Å². The number of rotatable bonds is 3. The molecule has 0 saturated carbocycles. The van der Waals surface area contributed by atoms with Crippen molar-refractivity contribution in [3.05, 3.63) is 65.6 Å². The maximum absolute atomic E-state index is 13.6. The van der Waals surface area contributed by atoms with Gasteiger partial charge in [0.15, 0.2) is 17.2 Å². The Kier molecular flexibility index (Phi) is 5.34. The second-order valence-electron chi connectivity index (χ2n) is 8.45. The Morgan fingerprint density at radius 3 is 2.59 bits per heavy atom. The van der Waals surface area contributed by atoms with Crippen LogP contribution in [0, 0.1) is 6.92 Å². The van der Waals surface area contributed by atoms with Gasteiger partial charge in [0.1, 0.15) is 11.2 Å². The van der Waals surface area contributed by atoms with E-state index in [1.165, 1.54) is 23.3 Å². The summed E-state index contributed by atoms with van der Waals surface area (Å²) in [6, 6.07) is 6.71. The molecule has 0 bridgehead atoms. The summed E-state index contributed by atoms with van der Waals surface area (Å²) in [6.45, 7) is 4.06. The molecule has 34 heavy (non-hydrogen) atoms. The van der Waals surface area contributed by atoms with Crippen LogP contribution in [-0.2, 0) is 6.18 Å². The molecule has 8 nitrogen and oxygen atoms in total. The molecule has 1 aromatic carbocycles. The van der Waals surface area contributed by atoms with Crippen LogP contribution >= 0.6 is 0 Å². The number of fused-ring (bicyclic) bond motifs is 1. The number of halogens is 3. The molecule has 4 aromatic rings. The quantitative estimate of drug-likeness (QED) is 0.437. The summed E-state index contributed by atoms with van der Waals surface area (Å²) < 4.78 is 45.0. The van der Waals surface area contributed by atoms with E-state index in [-0.39, 0.29) is 34.7 Å². The lowest BCUT2D eigenvalue weighted by Crippen LogP contribution is -2.45. The largest absolute Gasteiger partial charge is 0.440 e. The van der Waals surface area contributed by atoms with E-state index in [9.17, 15) is 18.0 Å². The summed E-state index contributed by atoms with van der Waals surface area (Å²) in [5.41, 5.74) is 1.03. The van der Waals surface area contributed by atoms with Crippen LogP contribution in [0.1, 0.15) is 53.3 Å². The third kappa shape index (κ3) is 4.02. The summed E-state index contributed by atoms with van der Waals surface area (Å²) in [5, 5.41) is 8.25. The van der Waals surface area contributed by atoms with Gasteiger partial charge in [-0.25, -0.2) is 9.97 Å². The Morgan fingerprint density at radius 1 is 1.09 bits per heavy atom. The number of oxazole rings is 1. The second kappa shape index (κ2) is 8.23. The zero-order chi connectivity index (χ0) is 24.0. The Balaban J connectivity index is 1.45. The molecule has 1 aliphatic heterocycles. The van der Waals surface area contributed by atoms with E-state index >= 15 is 0 Å². The van der Waals surface area contributed by atoms with Crippen LogP contribution in [0.25, 0.3) is 16.8 Å². The lowest BCUT2D eigenvalue weighted by atomic mass is 9.93. The highest BCUT2D eigenvalue weighted by molar-refractivity contribution is 5.96. The van der Waals surface area contributed by atoms with Crippen molar-refractivity contribution in [2.45, 2.75) is 44.8 Å². The predicted molar refractivity (Wildman–Crippen MR) is 115 cm³/mol. The average Bonchev–Trinajstić information content (AvgIpc) is 3.48. The van der Waals surface area contributed by atoms with E-state index in [0.29, 0.717) is 36.7 Å². The molecule has 3 aromatic heterocycles. The molecule has 0 N–H and O–H groups in total. The van der Waals surface area contributed by atoms with Crippen molar-refractivity contribution in [1.82, 2.24) is 29.9 Å². The molecule has 0 unspecified atom stereocenters. The first-order valence-corrected chi connectivity index (χ1v) is 10.8. The van der Waals surface area contributed by atoms with Gasteiger partial charge in [0.2, 0.25) is 0 Å². The van der Waals surface area contributed by atoms with Crippen molar-refractivity contribution in [2.24, 2.45) is 0 Å². The van der Waals surface area contributed by atoms with Gasteiger partial charge in [-0.2, -0.15) is 23.4 Å². The molecule has 1 aliphatic rings. The molecule has 0 aliphatic carbocycles. The van der Waals surface area contributed by atoms with Crippen LogP contribution in [-0.4, -0.2) is 48.4 Å². The van der Waals surface area contributed by atoms with Crippen molar-refractivity contribution in [1.29, 1.82) is 0 Å². The van der Waals surface area contributed by atoms with Crippen molar-refractivity contribution in [3.63, 3.8) is 0 Å². The number of carbonyl (C=O) groups is 1. The van der Waals surface area contributed by atoms with E-state index in [4.69, 9.17) is 4.42 Å². The van der Waals surface area contributed by atoms with Crippen LogP contribution in [0.15, 0.2) is 47.1 Å². The molecule has 4 heterocycles. The number of alkyl halides is 3. The molecule has 1 fully saturated rings. The summed E-state index contributed by atoms with van der Waals surface area (Å²) >= 11 is 0. The maximum Gasteiger partial charge on any atom is 0.416 e. The number of likely N-dealkylation sites (tertiary alicyclic amines) is 1. The standard InChI is InChI=1S/C23H21F3N6O2/c1-13-3-7-18(32-27-9-10-28-32)20(29-13)22(33)31-12-15(5-4-14(31)2)21-30-17-11-16(23(24,25)26)6-8-19(17)34-21/h3,6-11,14-15H,4-5,12H2,1-2H3/t14-,15-/m1/s1. The van der Waals surface area contributed by atoms with E-state index in [2.05, 4.69) is 20.2 Å². The smallest absolute Gasteiger partial charge is 0.416 e. The van der Waals surface area contributed by atoms with Gasteiger partial charge in [-0.1, -0.05) is 0 Å². The lowest BCUT2D eigenvalue weighted by Gasteiger charge is -2.37. The second-order valence-corrected chi connectivity index (χ2v) is 8.45. The summed E-state index contributed by atoms with van der Waals surface area (Å²) in [6.07, 6.45) is -0.0439. The zero-order valence-corrected chi connectivity index (χ0v) is 18.5. The first-order valence-electron chi connectivity index (χ1n) is 10.8. The zero-order valence-electron chi connectivity index (χ0n) is 18.5. The minimum atomic E-state index is -4.46. The van der Waals surface area contributed by atoms with Gasteiger partial charge in [0, 0.05) is 18.3 Å². The number of aromatic nitrogens is 5. The number of amides is 1. The Hall–Kier alpha value is -3.76. The minimum Gasteiger partial charge on any atom is -0.440 e. The van der Waals surface area contributed by atoms with Crippen LogP contribution in [0.5, 0.6) is 0 Å². The molecule has 11 heteroatoms. The number of carbonyl (C=O) groups excluding carboxylic acids is 1. The molecule has 0 radical (unpaired) electrons. The fourth-order valence-electron chi connectivity index (χ4n) is 4.23. The monoisotopic (exact) mass is 470 g/mol. The van der Waals surface area contributed by atoms with Crippen molar-refractivity contribution >= 4 is 17.0 Å². The number of nitrogens with zero attached hydrogens (tertiary/aromatic N) is 6. The third-order valence-corrected chi connectivity index (χ3v) is 6.07. The Morgan fingerprint density at radius 2 is 1.85 bits per heavy atom. The van der Waals surface area contributed by atoms with E-state index in [0.717, 1.165) is 12.1 Å². The normalized spacial score (nSPS) is 19.0. The summed E-state index contributed by atoms with van der Waals surface area (Å²) in [7, 11) is 0. The lowest BCUT2D eigenvalue weighted by molar-refractivity contribution is -0.137. The van der Waals surface area contributed by atoms with Crippen molar-refractivity contribution in [2.75, 3.05) is 6.54 Å². The first-order chi connectivity index (χ1) is 16.2. The fourth-order valence-corrected chi connectivity index (χ4v) is 4.23. The highest BCUT2D eigenvalue weighted by Gasteiger charge is 2.35. The van der Waals surface area contributed by atoms with Gasteiger partial charge in [-0.15, -0.1) is 4.80 Å². The number of aryl methyl sites for hydroxylation is 1. The van der Waals surface area contributed by atoms with Gasteiger partial charge in [0.05, 0.1) is 23.9 Å². The van der Waals surface area contributed by atoms with Crippen LogP contribution in [0.3, 0.4) is 0 Å². The van der Waals surface area contributed by atoms with Crippen molar-refractivity contribution in [3.8, 4) is 5.69 Å².